The molecule has 0 aromatic carbocycles. The fourth-order valence-corrected chi connectivity index (χ4v) is 0. The summed E-state index contributed by atoms with van der Waals surface area (Å²) >= 11 is 0. The Labute approximate surface area is 155 Å². The van der Waals surface area contributed by atoms with E-state index in [0.29, 0.717) is 0 Å². The minimum Gasteiger partial charge on any atom is -0.736 e. The molecule has 12 heteroatoms. The monoisotopic (exact) mass is 270 g/mol. The number of rotatable bonds is 0. The minimum atomic E-state index is -4.42. The van der Waals surface area contributed by atoms with Gasteiger partial charge in [0.15, 0.2) is 20.6 Å². The van der Waals surface area contributed by atoms with Crippen molar-refractivity contribution < 1.29 is 129 Å². The molecule has 64 valence electrons. The quantitative estimate of drug-likeness (QED) is 0.327. The van der Waals surface area contributed by atoms with Gasteiger partial charge in [-0.2, -0.15) is 0 Å². The van der Waals surface area contributed by atoms with Crippen LogP contribution in [0.1, 0.15) is 0 Å². The zero-order chi connectivity index (χ0) is 9.00. The molecule has 0 heterocycles. The molecule has 0 aromatic rings. The third kappa shape index (κ3) is 207. The first-order valence-corrected chi connectivity index (χ1v) is 4.41. The van der Waals surface area contributed by atoms with Gasteiger partial charge in [-0.15, -0.1) is 0 Å². The first-order valence-electron chi connectivity index (χ1n) is 1.47. The van der Waals surface area contributed by atoms with E-state index in [0.717, 1.165) is 0 Å². The third-order valence-electron chi connectivity index (χ3n) is 0. The maximum absolute atomic E-state index is 8.85. The summed E-state index contributed by atoms with van der Waals surface area (Å²) in [4.78, 5) is 0. The smallest absolute Gasteiger partial charge is 0.736 e. The van der Waals surface area contributed by atoms with Gasteiger partial charge in [-0.25, -0.2) is 27.1 Å². The van der Waals surface area contributed by atoms with Crippen molar-refractivity contribution in [3.05, 3.63) is 0 Å². The molecule has 0 saturated heterocycles. The van der Waals surface area contributed by atoms with Crippen molar-refractivity contribution in [2.45, 2.75) is 0 Å². The molecule has 8 nitrogen and oxygen atoms in total. The molecule has 0 rings (SSSR count). The van der Waals surface area contributed by atoms with Crippen molar-refractivity contribution in [2.24, 2.45) is 10.3 Å². The van der Waals surface area contributed by atoms with Gasteiger partial charge in [0, 0.05) is 0 Å². The minimum absolute atomic E-state index is 0. The molecule has 4 N–H and O–H groups in total. The largest absolute Gasteiger partial charge is 1.00 e. The second-order valence-corrected chi connectivity index (χ2v) is 2.96. The van der Waals surface area contributed by atoms with Crippen LogP contribution in [-0.2, 0) is 20.6 Å². The molecular weight excluding hydrogens is 266 g/mol. The Morgan fingerprint density at radius 3 is 0.750 bits per heavy atom. The van der Waals surface area contributed by atoms with Crippen LogP contribution in [0.25, 0.3) is 0 Å². The summed E-state index contributed by atoms with van der Waals surface area (Å²) in [7, 11) is -8.83. The predicted molar refractivity (Wildman–Crippen MR) is 27.8 cm³/mol. The molecule has 0 saturated carbocycles. The molecule has 0 radical (unpaired) electrons. The molecule has 12 heavy (non-hydrogen) atoms. The van der Waals surface area contributed by atoms with Crippen LogP contribution in [0.3, 0.4) is 0 Å². The van der Waals surface area contributed by atoms with Crippen LogP contribution in [0.5, 0.6) is 0 Å². The Hall–Kier alpha value is 3.01. The van der Waals surface area contributed by atoms with Crippen LogP contribution in [0, 0.1) is 0 Å². The van der Waals surface area contributed by atoms with Crippen LogP contribution >= 0.6 is 0 Å². The van der Waals surface area contributed by atoms with E-state index in [1.165, 1.54) is 0 Å². The van der Waals surface area contributed by atoms with E-state index >= 15 is 0 Å². The average Bonchev–Trinajstić information content (AvgIpc) is 1.12. The van der Waals surface area contributed by atoms with E-state index in [2.05, 4.69) is 10.3 Å². The second kappa shape index (κ2) is 10.5. The van der Waals surface area contributed by atoms with E-state index in [-0.39, 0.29) is 103 Å². The van der Waals surface area contributed by atoms with Gasteiger partial charge in [0.05, 0.1) is 0 Å². The summed E-state index contributed by atoms with van der Waals surface area (Å²) in [5.41, 5.74) is 0. The summed E-state index contributed by atoms with van der Waals surface area (Å²) in [5.74, 6) is 0. The number of hydrogen-bond acceptors (Lipinski definition) is 6. The molecule has 0 aliphatic carbocycles. The molecule has 0 bridgehead atoms. The molecule has 0 amide bonds. The van der Waals surface area contributed by atoms with Gasteiger partial charge < -0.3 is 9.11 Å². The van der Waals surface area contributed by atoms with Crippen LogP contribution in [0.15, 0.2) is 0 Å². The Morgan fingerprint density at radius 2 is 0.750 bits per heavy atom. The molecule has 0 unspecified atom stereocenters. The van der Waals surface area contributed by atoms with E-state index in [1.807, 2.05) is 0 Å². The normalized spacial score (nSPS) is 9.67. The SMILES string of the molecule is NS(=O)(=O)[O-].NS(=O)(=O)[O-].[K+].[K+]. The van der Waals surface area contributed by atoms with Gasteiger partial charge >= 0.3 is 103 Å². The van der Waals surface area contributed by atoms with Gasteiger partial charge in [-0.1, -0.05) is 0 Å². The molecular formula is H4K2N2O6S2. The topological polar surface area (TPSA) is 166 Å². The zero-order valence-corrected chi connectivity index (χ0v) is 14.3. The third-order valence-corrected chi connectivity index (χ3v) is 0. The molecule has 0 aliphatic heterocycles. The Bertz CT molecular complexity index is 218. The molecule has 0 aromatic heterocycles. The molecule has 0 atom stereocenters. The number of nitrogens with two attached hydrogens (primary N) is 2. The Morgan fingerprint density at radius 1 is 0.750 bits per heavy atom. The van der Waals surface area contributed by atoms with Crippen LogP contribution in [-0.4, -0.2) is 25.9 Å². The first kappa shape index (κ1) is 24.3. The zero-order valence-electron chi connectivity index (χ0n) is 6.42. The van der Waals surface area contributed by atoms with Crippen LogP contribution < -0.4 is 113 Å². The summed E-state index contributed by atoms with van der Waals surface area (Å²) in [6, 6.07) is 0. The van der Waals surface area contributed by atoms with E-state index < -0.39 is 20.6 Å². The van der Waals surface area contributed by atoms with E-state index in [1.54, 1.807) is 0 Å². The van der Waals surface area contributed by atoms with Crippen molar-refractivity contribution in [3.63, 3.8) is 0 Å². The van der Waals surface area contributed by atoms with Gasteiger partial charge in [0.25, 0.3) is 0 Å². The summed E-state index contributed by atoms with van der Waals surface area (Å²) in [5, 5.41) is 7.54. The van der Waals surface area contributed by atoms with Crippen molar-refractivity contribution in [3.8, 4) is 0 Å². The average molecular weight is 270 g/mol. The van der Waals surface area contributed by atoms with E-state index in [9.17, 15) is 0 Å². The molecule has 0 aliphatic rings. The molecule has 0 spiro atoms. The van der Waals surface area contributed by atoms with Gasteiger partial charge in [0.2, 0.25) is 0 Å². The summed E-state index contributed by atoms with van der Waals surface area (Å²) in [6.07, 6.45) is 0. The van der Waals surface area contributed by atoms with Gasteiger partial charge in [0.1, 0.15) is 0 Å². The van der Waals surface area contributed by atoms with Crippen LogP contribution in [0.4, 0.5) is 0 Å². The van der Waals surface area contributed by atoms with Crippen molar-refractivity contribution in [2.75, 3.05) is 0 Å². The standard InChI is InChI=1S/2K.2H3NO3S/c;;2*1-5(2,3)4/h;;2*(H3,1,2,3,4)/q2*+1;;/p-2. The summed E-state index contributed by atoms with van der Waals surface area (Å²) in [6.45, 7) is 0. The van der Waals surface area contributed by atoms with Gasteiger partial charge in [-0.3, -0.25) is 0 Å². The van der Waals surface area contributed by atoms with E-state index in [4.69, 9.17) is 25.9 Å². The Balaban J connectivity index is -0.0000000457. The van der Waals surface area contributed by atoms with Crippen molar-refractivity contribution >= 4 is 20.6 Å². The van der Waals surface area contributed by atoms with Crippen LogP contribution in [0.2, 0.25) is 0 Å². The maximum atomic E-state index is 8.85. The van der Waals surface area contributed by atoms with Crippen molar-refractivity contribution in [1.29, 1.82) is 0 Å². The maximum Gasteiger partial charge on any atom is 1.00 e. The fourth-order valence-electron chi connectivity index (χ4n) is 0. The number of hydrogen-bond donors (Lipinski definition) is 2. The molecule has 0 fully saturated rings. The Kier molecular flexibility index (Phi) is 21.3. The second-order valence-electron chi connectivity index (χ2n) is 0.986. The predicted octanol–water partition coefficient (Wildman–Crippen LogP) is -9.18. The fraction of sp³-hybridized carbons (Fsp3) is 0. The van der Waals surface area contributed by atoms with Gasteiger partial charge in [-0.05, 0) is 0 Å². The summed E-state index contributed by atoms with van der Waals surface area (Å²) < 4.78 is 53.1. The van der Waals surface area contributed by atoms with Crippen molar-refractivity contribution in [1.82, 2.24) is 0 Å². The first-order chi connectivity index (χ1) is 4.00.